The zero-order valence-corrected chi connectivity index (χ0v) is 25.7. The molecule has 1 amide bonds. The largest absolute Gasteiger partial charge is 0.507 e. The first kappa shape index (κ1) is 35.6. The number of carboxylic acids is 1. The van der Waals surface area contributed by atoms with E-state index in [4.69, 9.17) is 19.6 Å². The van der Waals surface area contributed by atoms with E-state index in [1.807, 2.05) is 0 Å². The number of phenolic OH excluding ortho intramolecular Hbond substituents is 2. The van der Waals surface area contributed by atoms with Crippen molar-refractivity contribution in [3.05, 3.63) is 47.0 Å². The summed E-state index contributed by atoms with van der Waals surface area (Å²) in [6, 6.07) is 3.44. The number of Topliss-reactive ketones (excluding diaryl/α,β-unsaturated/α-hetero) is 3. The molecular formula is C32H37NO14. The Hall–Kier alpha value is -4.25. The first-order valence-electron chi connectivity index (χ1n) is 14.8. The van der Waals surface area contributed by atoms with Crippen molar-refractivity contribution in [3.63, 3.8) is 0 Å². The fraction of sp³-hybridized carbons (Fsp3) is 0.469. The number of hydrogen-bond donors (Lipinski definition) is 7. The van der Waals surface area contributed by atoms with Gasteiger partial charge in [0.05, 0.1) is 36.3 Å². The van der Waals surface area contributed by atoms with Crippen LogP contribution >= 0.6 is 0 Å². The highest BCUT2D eigenvalue weighted by Crippen LogP contribution is 2.44. The van der Waals surface area contributed by atoms with Crippen LogP contribution in [0.2, 0.25) is 0 Å². The lowest BCUT2D eigenvalue weighted by atomic mass is 9.79. The number of benzene rings is 2. The summed E-state index contributed by atoms with van der Waals surface area (Å²) in [5, 5.41) is 65.9. The van der Waals surface area contributed by atoms with Gasteiger partial charge in [-0.2, -0.15) is 0 Å². The van der Waals surface area contributed by atoms with Gasteiger partial charge in [0.25, 0.3) is 0 Å². The molecule has 15 heteroatoms. The molecule has 4 rings (SSSR count). The Morgan fingerprint density at radius 2 is 1.81 bits per heavy atom. The van der Waals surface area contributed by atoms with Gasteiger partial charge < -0.3 is 40.7 Å². The minimum Gasteiger partial charge on any atom is -0.507 e. The van der Waals surface area contributed by atoms with Gasteiger partial charge in [0, 0.05) is 36.5 Å². The second-order valence-electron chi connectivity index (χ2n) is 11.9. The van der Waals surface area contributed by atoms with Gasteiger partial charge in [-0.05, 0) is 25.0 Å². The number of rotatable bonds is 9. The number of aliphatic hydroxyl groups excluding tert-OH is 2. The number of ether oxygens (including phenoxy) is 1. The molecule has 47 heavy (non-hydrogen) atoms. The van der Waals surface area contributed by atoms with Gasteiger partial charge in [-0.1, -0.05) is 24.8 Å². The number of nitrogens with one attached hydrogen (secondary N) is 1. The van der Waals surface area contributed by atoms with Crippen LogP contribution in [0.15, 0.2) is 30.4 Å². The standard InChI is InChI=1S/C32H37NO14/c1-14-5-4-6-18-24(14)31(43)25-19(35)9-17(11-32(44,21(36)12-34)10-15(2)28(40)26(25)30(18)42)46-47-20-13-45-16(3)29(41)27(20)33-22(37)7-8-23(38)39/h4-6,16-17,20,27,29,34,41-44H,2,7-13H2,1,3H3,(H,33,37)(H,38,39)/t16?,17-,20?,27?,29?,32+/m1/s1. The summed E-state index contributed by atoms with van der Waals surface area (Å²) in [5.41, 5.74) is -3.60. The fourth-order valence-corrected chi connectivity index (χ4v) is 5.89. The summed E-state index contributed by atoms with van der Waals surface area (Å²) in [7, 11) is 0. The molecule has 0 radical (unpaired) electrons. The zero-order valence-electron chi connectivity index (χ0n) is 25.7. The van der Waals surface area contributed by atoms with Crippen LogP contribution in [0.5, 0.6) is 11.5 Å². The number of aliphatic carboxylic acids is 1. The van der Waals surface area contributed by atoms with Gasteiger partial charge in [-0.15, -0.1) is 0 Å². The van der Waals surface area contributed by atoms with Crippen LogP contribution in [-0.4, -0.2) is 109 Å². The maximum atomic E-state index is 13.9. The number of carbonyl (C=O) groups is 5. The van der Waals surface area contributed by atoms with Gasteiger partial charge >= 0.3 is 5.97 Å². The van der Waals surface area contributed by atoms with Crippen molar-refractivity contribution in [2.45, 2.75) is 82.0 Å². The summed E-state index contributed by atoms with van der Waals surface area (Å²) in [6.07, 6.45) is -7.98. The molecule has 1 saturated heterocycles. The minimum absolute atomic E-state index is 0.0617. The first-order valence-corrected chi connectivity index (χ1v) is 14.8. The number of amides is 1. The lowest BCUT2D eigenvalue weighted by Crippen LogP contribution is -2.60. The molecule has 0 spiro atoms. The van der Waals surface area contributed by atoms with Crippen molar-refractivity contribution in [3.8, 4) is 11.5 Å². The number of aryl methyl sites for hydroxylation is 1. The number of phenols is 2. The van der Waals surface area contributed by atoms with Crippen molar-refractivity contribution in [1.29, 1.82) is 0 Å². The Kier molecular flexibility index (Phi) is 10.8. The number of ketones is 3. The smallest absolute Gasteiger partial charge is 0.303 e. The molecule has 0 bridgehead atoms. The Bertz CT molecular complexity index is 1620. The Morgan fingerprint density at radius 3 is 2.47 bits per heavy atom. The molecule has 4 unspecified atom stereocenters. The van der Waals surface area contributed by atoms with Gasteiger partial charge in [0.2, 0.25) is 5.91 Å². The van der Waals surface area contributed by atoms with E-state index in [-0.39, 0.29) is 17.4 Å². The highest BCUT2D eigenvalue weighted by atomic mass is 17.2. The van der Waals surface area contributed by atoms with Crippen LogP contribution < -0.4 is 5.32 Å². The molecule has 1 aliphatic heterocycles. The summed E-state index contributed by atoms with van der Waals surface area (Å²) in [4.78, 5) is 74.7. The highest BCUT2D eigenvalue weighted by Gasteiger charge is 2.45. The monoisotopic (exact) mass is 659 g/mol. The van der Waals surface area contributed by atoms with Crippen molar-refractivity contribution in [2.24, 2.45) is 0 Å². The van der Waals surface area contributed by atoms with E-state index in [9.17, 15) is 49.5 Å². The third-order valence-electron chi connectivity index (χ3n) is 8.44. The van der Waals surface area contributed by atoms with Crippen LogP contribution in [0.4, 0.5) is 0 Å². The van der Waals surface area contributed by atoms with Gasteiger partial charge in [-0.3, -0.25) is 24.0 Å². The van der Waals surface area contributed by atoms with Crippen molar-refractivity contribution < 1.29 is 69.1 Å². The van der Waals surface area contributed by atoms with E-state index in [1.54, 1.807) is 19.1 Å². The van der Waals surface area contributed by atoms with E-state index < -0.39 is 132 Å². The average Bonchev–Trinajstić information content (AvgIpc) is 3.01. The third-order valence-corrected chi connectivity index (χ3v) is 8.44. The van der Waals surface area contributed by atoms with E-state index in [0.29, 0.717) is 5.56 Å². The molecule has 6 atom stereocenters. The molecule has 1 heterocycles. The molecule has 254 valence electrons. The molecule has 1 aliphatic carbocycles. The Balaban J connectivity index is 1.73. The molecular weight excluding hydrogens is 622 g/mol. The summed E-state index contributed by atoms with van der Waals surface area (Å²) < 4.78 is 5.49. The number of aliphatic hydroxyl groups is 3. The maximum Gasteiger partial charge on any atom is 0.303 e. The predicted molar refractivity (Wildman–Crippen MR) is 161 cm³/mol. The molecule has 15 nitrogen and oxygen atoms in total. The maximum absolute atomic E-state index is 13.9. The van der Waals surface area contributed by atoms with E-state index in [1.165, 1.54) is 13.0 Å². The molecule has 1 fully saturated rings. The quantitative estimate of drug-likeness (QED) is 0.0851. The van der Waals surface area contributed by atoms with Crippen LogP contribution in [-0.2, 0) is 28.9 Å². The lowest BCUT2D eigenvalue weighted by Gasteiger charge is -2.39. The fourth-order valence-electron chi connectivity index (χ4n) is 5.89. The lowest BCUT2D eigenvalue weighted by molar-refractivity contribution is -0.374. The number of carboxylic acid groups (broad SMARTS) is 1. The Labute approximate surface area is 268 Å². The van der Waals surface area contributed by atoms with Crippen LogP contribution in [0.25, 0.3) is 10.8 Å². The van der Waals surface area contributed by atoms with Crippen molar-refractivity contribution in [2.75, 3.05) is 13.2 Å². The third kappa shape index (κ3) is 7.35. The van der Waals surface area contributed by atoms with Gasteiger partial charge in [-0.25, -0.2) is 9.78 Å². The molecule has 2 aromatic carbocycles. The number of fused-ring (bicyclic) bond motifs is 2. The van der Waals surface area contributed by atoms with E-state index in [2.05, 4.69) is 11.9 Å². The van der Waals surface area contributed by atoms with Gasteiger partial charge in [0.15, 0.2) is 17.3 Å². The van der Waals surface area contributed by atoms with Crippen LogP contribution in [0, 0.1) is 6.92 Å². The van der Waals surface area contributed by atoms with Crippen LogP contribution in [0.1, 0.15) is 65.3 Å². The number of hydrogen-bond acceptors (Lipinski definition) is 13. The number of aromatic hydroxyl groups is 2. The summed E-state index contributed by atoms with van der Waals surface area (Å²) >= 11 is 0. The van der Waals surface area contributed by atoms with Crippen LogP contribution in [0.3, 0.4) is 0 Å². The molecule has 2 aromatic rings. The topological polar surface area (TPSA) is 246 Å². The summed E-state index contributed by atoms with van der Waals surface area (Å²) in [5.74, 6) is -6.26. The average molecular weight is 660 g/mol. The molecule has 0 aromatic heterocycles. The molecule has 7 N–H and O–H groups in total. The zero-order chi connectivity index (χ0) is 34.8. The first-order chi connectivity index (χ1) is 22.1. The normalized spacial score (nSPS) is 26.9. The molecule has 2 aliphatic rings. The predicted octanol–water partition coefficient (Wildman–Crippen LogP) is 0.772. The summed E-state index contributed by atoms with van der Waals surface area (Å²) in [6.45, 7) is 5.40. The van der Waals surface area contributed by atoms with Crippen molar-refractivity contribution in [1.82, 2.24) is 5.32 Å². The second-order valence-corrected chi connectivity index (χ2v) is 11.9. The van der Waals surface area contributed by atoms with Crippen molar-refractivity contribution >= 4 is 40.0 Å². The molecule has 0 saturated carbocycles. The second kappa shape index (κ2) is 14.3. The SMILES string of the molecule is C=C1C[C@@](O)(C(=O)CO)C[C@H](OOC2COC(C)C(O)C2NC(=O)CCC(=O)O)CC(=O)c2c(c(O)c3cccc(C)c3c2O)C1=O. The van der Waals surface area contributed by atoms with Gasteiger partial charge in [0.1, 0.15) is 42.0 Å². The number of carbonyl (C=O) groups excluding carboxylic acids is 4. The minimum atomic E-state index is -2.51. The highest BCUT2D eigenvalue weighted by molar-refractivity contribution is 6.22. The van der Waals surface area contributed by atoms with E-state index >= 15 is 0 Å². The van der Waals surface area contributed by atoms with E-state index in [0.717, 1.165) is 0 Å². The Morgan fingerprint density at radius 1 is 1.11 bits per heavy atom.